The van der Waals surface area contributed by atoms with Crippen molar-refractivity contribution >= 4 is 22.3 Å². The third-order valence-electron chi connectivity index (χ3n) is 9.28. The molecule has 1 saturated carbocycles. The number of anilines is 1. The van der Waals surface area contributed by atoms with Crippen molar-refractivity contribution in [3.63, 3.8) is 0 Å². The van der Waals surface area contributed by atoms with E-state index in [1.54, 1.807) is 0 Å². The summed E-state index contributed by atoms with van der Waals surface area (Å²) < 4.78 is 2.56. The average molecular weight is 557 g/mol. The third-order valence-corrected chi connectivity index (χ3v) is 9.28. The highest BCUT2D eigenvalue weighted by atomic mass is 15.0. The van der Waals surface area contributed by atoms with E-state index in [2.05, 4.69) is 150 Å². The lowest BCUT2D eigenvalue weighted by Gasteiger charge is -2.16. The van der Waals surface area contributed by atoms with Gasteiger partial charge in [0.15, 0.2) is 0 Å². The summed E-state index contributed by atoms with van der Waals surface area (Å²) in [4.78, 5) is 0. The quantitative estimate of drug-likeness (QED) is 0.242. The molecule has 4 aromatic rings. The molecular weight excluding hydrogens is 520 g/mol. The van der Waals surface area contributed by atoms with Gasteiger partial charge < -0.3 is 9.88 Å². The minimum Gasteiger partial charge on any atom is -0.358 e. The third kappa shape index (κ3) is 4.97. The summed E-state index contributed by atoms with van der Waals surface area (Å²) in [6.45, 7) is 0. The molecule has 43 heavy (non-hydrogen) atoms. The van der Waals surface area contributed by atoms with Gasteiger partial charge in [-0.05, 0) is 90.7 Å². The number of para-hydroxylation sites is 2. The first-order valence-corrected chi connectivity index (χ1v) is 15.7. The van der Waals surface area contributed by atoms with Gasteiger partial charge in [-0.15, -0.1) is 0 Å². The molecule has 1 heterocycles. The summed E-state index contributed by atoms with van der Waals surface area (Å²) in [5.74, 6) is 1.34. The molecule has 0 amide bonds. The lowest BCUT2D eigenvalue weighted by molar-refractivity contribution is 0.916. The maximum atomic E-state index is 3.77. The topological polar surface area (TPSA) is 17.0 Å². The van der Waals surface area contributed by atoms with Crippen LogP contribution in [0.5, 0.6) is 0 Å². The monoisotopic (exact) mass is 556 g/mol. The van der Waals surface area contributed by atoms with Crippen LogP contribution in [0.25, 0.3) is 27.7 Å². The highest BCUT2D eigenvalue weighted by molar-refractivity contribution is 5.91. The zero-order chi connectivity index (χ0) is 28.6. The van der Waals surface area contributed by atoms with Crippen molar-refractivity contribution in [3.8, 4) is 11.1 Å². The molecule has 0 radical (unpaired) electrons. The maximum absolute atomic E-state index is 3.77. The molecule has 2 nitrogen and oxygen atoms in total. The smallest absolute Gasteiger partial charge is 0.0534 e. The Bertz CT molecular complexity index is 1920. The Morgan fingerprint density at radius 3 is 2.53 bits per heavy atom. The normalized spacial score (nSPS) is 24.0. The molecule has 4 aliphatic rings. The van der Waals surface area contributed by atoms with Crippen LogP contribution in [0.1, 0.15) is 42.9 Å². The predicted octanol–water partition coefficient (Wildman–Crippen LogP) is 10.5. The molecule has 2 unspecified atom stereocenters. The van der Waals surface area contributed by atoms with Crippen LogP contribution in [0.15, 0.2) is 156 Å². The number of nitrogens with zero attached hydrogens (tertiary/aromatic N) is 1. The van der Waals surface area contributed by atoms with E-state index < -0.39 is 0 Å². The van der Waals surface area contributed by atoms with Crippen LogP contribution in [-0.4, -0.2) is 4.57 Å². The lowest BCUT2D eigenvalue weighted by atomic mass is 9.98. The Morgan fingerprint density at radius 1 is 0.721 bits per heavy atom. The van der Waals surface area contributed by atoms with E-state index in [1.165, 1.54) is 62.2 Å². The second-order valence-electron chi connectivity index (χ2n) is 12.0. The van der Waals surface area contributed by atoms with Gasteiger partial charge in [0.05, 0.1) is 5.52 Å². The fraction of sp³-hybridized carbons (Fsp3) is 0.171. The Labute approximate surface area is 254 Å². The van der Waals surface area contributed by atoms with Crippen molar-refractivity contribution in [1.82, 2.24) is 4.57 Å². The molecule has 0 bridgehead atoms. The fourth-order valence-electron chi connectivity index (χ4n) is 7.02. The van der Waals surface area contributed by atoms with E-state index in [1.807, 2.05) is 0 Å². The van der Waals surface area contributed by atoms with Gasteiger partial charge in [-0.25, -0.2) is 0 Å². The SMILES string of the molecule is C1=CC(n2c3c(c4ccccc42)CC=CC2CC32)=CC=C(C2=C/C=C(/Nc3ccccc3-c3ccccc3)CC/C=C\2)C1. The van der Waals surface area contributed by atoms with Gasteiger partial charge in [-0.2, -0.15) is 0 Å². The van der Waals surface area contributed by atoms with E-state index in [9.17, 15) is 0 Å². The Kier molecular flexibility index (Phi) is 6.68. The van der Waals surface area contributed by atoms with Crippen molar-refractivity contribution < 1.29 is 0 Å². The Hall–Kier alpha value is -4.82. The first kappa shape index (κ1) is 25.9. The van der Waals surface area contributed by atoms with Crippen LogP contribution < -0.4 is 5.32 Å². The molecule has 3 aromatic carbocycles. The van der Waals surface area contributed by atoms with Crippen LogP contribution in [0, 0.1) is 5.92 Å². The van der Waals surface area contributed by atoms with E-state index >= 15 is 0 Å². The highest BCUT2D eigenvalue weighted by Gasteiger charge is 2.42. The number of hydrogen-bond donors (Lipinski definition) is 1. The summed E-state index contributed by atoms with van der Waals surface area (Å²) in [6.07, 6.45) is 28.6. The van der Waals surface area contributed by atoms with Gasteiger partial charge in [-0.3, -0.25) is 0 Å². The lowest BCUT2D eigenvalue weighted by Crippen LogP contribution is -2.02. The number of nitrogens with one attached hydrogen (secondary N) is 1. The summed E-state index contributed by atoms with van der Waals surface area (Å²) in [5, 5.41) is 5.17. The molecule has 4 aliphatic carbocycles. The fourth-order valence-corrected chi connectivity index (χ4v) is 7.02. The van der Waals surface area contributed by atoms with Crippen molar-refractivity contribution in [2.24, 2.45) is 5.92 Å². The molecule has 0 spiro atoms. The molecular formula is C41H36N2. The number of benzene rings is 3. The highest BCUT2D eigenvalue weighted by Crippen LogP contribution is 2.53. The average Bonchev–Trinajstić information content (AvgIpc) is 3.80. The van der Waals surface area contributed by atoms with Crippen molar-refractivity contribution in [2.45, 2.75) is 38.0 Å². The summed E-state index contributed by atoms with van der Waals surface area (Å²) >= 11 is 0. The van der Waals surface area contributed by atoms with E-state index in [0.717, 1.165) is 31.4 Å². The van der Waals surface area contributed by atoms with E-state index in [-0.39, 0.29) is 0 Å². The van der Waals surface area contributed by atoms with Gasteiger partial charge in [-0.1, -0.05) is 109 Å². The zero-order valence-electron chi connectivity index (χ0n) is 24.4. The molecule has 2 heteroatoms. The predicted molar refractivity (Wildman–Crippen MR) is 182 cm³/mol. The van der Waals surface area contributed by atoms with Gasteiger partial charge in [0, 0.05) is 39.6 Å². The Balaban J connectivity index is 1.12. The maximum Gasteiger partial charge on any atom is 0.0534 e. The number of allylic oxidation sites excluding steroid dienone is 14. The second kappa shape index (κ2) is 11.1. The molecule has 0 saturated heterocycles. The minimum atomic E-state index is 0.640. The van der Waals surface area contributed by atoms with Crippen molar-refractivity contribution in [2.75, 3.05) is 5.32 Å². The molecule has 1 fully saturated rings. The molecule has 2 atom stereocenters. The van der Waals surface area contributed by atoms with Gasteiger partial charge in [0.2, 0.25) is 0 Å². The number of fused-ring (bicyclic) bond motifs is 5. The molecule has 0 aliphatic heterocycles. The first-order chi connectivity index (χ1) is 21.3. The van der Waals surface area contributed by atoms with Gasteiger partial charge >= 0.3 is 0 Å². The Morgan fingerprint density at radius 2 is 1.58 bits per heavy atom. The minimum absolute atomic E-state index is 0.640. The van der Waals surface area contributed by atoms with Gasteiger partial charge in [0.25, 0.3) is 0 Å². The largest absolute Gasteiger partial charge is 0.358 e. The van der Waals surface area contributed by atoms with Gasteiger partial charge in [0.1, 0.15) is 0 Å². The van der Waals surface area contributed by atoms with Crippen LogP contribution >= 0.6 is 0 Å². The molecule has 8 rings (SSSR count). The zero-order valence-corrected chi connectivity index (χ0v) is 24.4. The van der Waals surface area contributed by atoms with Crippen molar-refractivity contribution in [1.29, 1.82) is 0 Å². The number of rotatable bonds is 5. The number of hydrogen-bond acceptors (Lipinski definition) is 1. The summed E-state index contributed by atoms with van der Waals surface area (Å²) in [7, 11) is 0. The molecule has 210 valence electrons. The first-order valence-electron chi connectivity index (χ1n) is 15.7. The molecule has 1 aromatic heterocycles. The standard InChI is InChI=1S/C41H36N2/c1-2-13-31(14-3-1)35-19-6-8-22-39(35)42-33-17-5-4-12-29(24-26-33)30-15-10-18-34(27-25-30)43-40-23-9-7-20-36(40)37-21-11-16-32-28-38(32)41(37)43/h1-4,6-14,16,18-20,22-27,32,38,42H,5,15,17,21,28H2/b12-4-,29-24+,33-26+. The van der Waals surface area contributed by atoms with E-state index in [4.69, 9.17) is 0 Å². The van der Waals surface area contributed by atoms with Crippen LogP contribution in [0.2, 0.25) is 0 Å². The van der Waals surface area contributed by atoms with Crippen LogP contribution in [0.4, 0.5) is 5.69 Å². The van der Waals surface area contributed by atoms with E-state index in [0.29, 0.717) is 11.8 Å². The summed E-state index contributed by atoms with van der Waals surface area (Å²) in [5.41, 5.74) is 13.1. The van der Waals surface area contributed by atoms with Crippen LogP contribution in [-0.2, 0) is 6.42 Å². The number of aromatic nitrogens is 1. The van der Waals surface area contributed by atoms with Crippen LogP contribution in [0.3, 0.4) is 0 Å². The molecule has 1 N–H and O–H groups in total. The summed E-state index contributed by atoms with van der Waals surface area (Å²) in [6, 6.07) is 28.2. The van der Waals surface area contributed by atoms with Crippen molar-refractivity contribution in [3.05, 3.63) is 168 Å². The second-order valence-corrected chi connectivity index (χ2v) is 12.0.